The number of anilines is 1. The van der Waals surface area contributed by atoms with Gasteiger partial charge in [-0.05, 0) is 25.5 Å². The number of para-hydroxylation sites is 1. The first-order valence-electron chi connectivity index (χ1n) is 7.29. The van der Waals surface area contributed by atoms with Gasteiger partial charge in [0.15, 0.2) is 0 Å². The Bertz CT molecular complexity index is 835. The second-order valence-corrected chi connectivity index (χ2v) is 5.71. The van der Waals surface area contributed by atoms with Crippen LogP contribution in [-0.4, -0.2) is 26.3 Å². The third-order valence-electron chi connectivity index (χ3n) is 4.25. The number of carbonyl (C=O) groups is 2. The lowest BCUT2D eigenvalue weighted by Crippen LogP contribution is -2.24. The Morgan fingerprint density at radius 2 is 1.87 bits per heavy atom. The van der Waals surface area contributed by atoms with Crippen LogP contribution in [-0.2, 0) is 16.6 Å². The zero-order valence-electron chi connectivity index (χ0n) is 12.8. The lowest BCUT2D eigenvalue weighted by atomic mass is 10.3. The van der Waals surface area contributed by atoms with Crippen molar-refractivity contribution < 1.29 is 14.7 Å². The highest BCUT2D eigenvalue weighted by Gasteiger charge is 2.48. The van der Waals surface area contributed by atoms with Gasteiger partial charge >= 0.3 is 5.97 Å². The number of carboxylic acids is 1. The molecule has 1 heterocycles. The van der Waals surface area contributed by atoms with E-state index in [0.29, 0.717) is 17.8 Å². The van der Waals surface area contributed by atoms with Gasteiger partial charge in [-0.3, -0.25) is 19.1 Å². The third-order valence-corrected chi connectivity index (χ3v) is 4.25. The van der Waals surface area contributed by atoms with Crippen molar-refractivity contribution in [3.8, 4) is 5.69 Å². The lowest BCUT2D eigenvalue weighted by molar-refractivity contribution is -0.139. The summed E-state index contributed by atoms with van der Waals surface area (Å²) in [6.45, 7) is 1.73. The molecule has 7 nitrogen and oxygen atoms in total. The number of benzene rings is 1. The summed E-state index contributed by atoms with van der Waals surface area (Å²) in [5, 5.41) is 11.5. The number of hydrogen-bond acceptors (Lipinski definition) is 3. The SMILES string of the molecule is Cc1c(NC(=O)[C@@H]2C[C@@H]2C(=O)O)c(=O)n(-c2ccccc2)n1C. The summed E-state index contributed by atoms with van der Waals surface area (Å²) >= 11 is 0. The van der Waals surface area contributed by atoms with Crippen LogP contribution in [0.25, 0.3) is 5.69 Å². The molecular weight excluding hydrogens is 298 g/mol. The van der Waals surface area contributed by atoms with E-state index >= 15 is 0 Å². The van der Waals surface area contributed by atoms with Crippen molar-refractivity contribution in [2.24, 2.45) is 18.9 Å². The summed E-state index contributed by atoms with van der Waals surface area (Å²) in [6.07, 6.45) is 0.319. The minimum Gasteiger partial charge on any atom is -0.481 e. The van der Waals surface area contributed by atoms with Crippen molar-refractivity contribution in [2.45, 2.75) is 13.3 Å². The van der Waals surface area contributed by atoms with Crippen molar-refractivity contribution in [1.82, 2.24) is 9.36 Å². The smallest absolute Gasteiger partial charge is 0.307 e. The van der Waals surface area contributed by atoms with Gasteiger partial charge in [0, 0.05) is 7.05 Å². The van der Waals surface area contributed by atoms with Crippen LogP contribution in [0, 0.1) is 18.8 Å². The van der Waals surface area contributed by atoms with E-state index in [0.717, 1.165) is 0 Å². The molecule has 0 unspecified atom stereocenters. The summed E-state index contributed by atoms with van der Waals surface area (Å²) in [4.78, 5) is 35.6. The van der Waals surface area contributed by atoms with E-state index in [1.807, 2.05) is 18.2 Å². The average molecular weight is 315 g/mol. The molecular formula is C16H17N3O4. The maximum Gasteiger partial charge on any atom is 0.307 e. The molecule has 0 saturated heterocycles. The van der Waals surface area contributed by atoms with E-state index in [-0.39, 0.29) is 11.2 Å². The van der Waals surface area contributed by atoms with E-state index in [9.17, 15) is 14.4 Å². The molecule has 2 atom stereocenters. The Labute approximate surface area is 132 Å². The van der Waals surface area contributed by atoms with Gasteiger partial charge in [-0.15, -0.1) is 0 Å². The highest BCUT2D eigenvalue weighted by atomic mass is 16.4. The quantitative estimate of drug-likeness (QED) is 0.885. The van der Waals surface area contributed by atoms with Crippen molar-refractivity contribution >= 4 is 17.6 Å². The number of carbonyl (C=O) groups excluding carboxylic acids is 1. The molecule has 1 aromatic heterocycles. The molecule has 2 aromatic rings. The largest absolute Gasteiger partial charge is 0.481 e. The fraction of sp³-hybridized carbons (Fsp3) is 0.312. The predicted octanol–water partition coefficient (Wildman–Crippen LogP) is 1.14. The summed E-state index contributed by atoms with van der Waals surface area (Å²) < 4.78 is 3.13. The monoisotopic (exact) mass is 315 g/mol. The molecule has 0 aliphatic heterocycles. The Balaban J connectivity index is 1.91. The standard InChI is InChI=1S/C16H17N3O4/c1-9-13(17-14(20)11-8-12(11)16(22)23)15(21)19(18(9)2)10-6-4-3-5-7-10/h3-7,11-12H,8H2,1-2H3,(H,17,20)(H,22,23)/t11-,12+/m1/s1. The predicted molar refractivity (Wildman–Crippen MR) is 83.6 cm³/mol. The number of rotatable bonds is 4. The van der Waals surface area contributed by atoms with Gasteiger partial charge < -0.3 is 10.4 Å². The molecule has 1 aliphatic rings. The van der Waals surface area contributed by atoms with Gasteiger partial charge in [-0.2, -0.15) is 0 Å². The molecule has 120 valence electrons. The van der Waals surface area contributed by atoms with Crippen LogP contribution < -0.4 is 10.9 Å². The van der Waals surface area contributed by atoms with Crippen LogP contribution in [0.4, 0.5) is 5.69 Å². The Morgan fingerprint density at radius 3 is 2.43 bits per heavy atom. The molecule has 7 heteroatoms. The molecule has 1 aliphatic carbocycles. The fourth-order valence-corrected chi connectivity index (χ4v) is 2.69. The molecule has 0 radical (unpaired) electrons. The van der Waals surface area contributed by atoms with Crippen molar-refractivity contribution in [3.63, 3.8) is 0 Å². The van der Waals surface area contributed by atoms with E-state index in [1.54, 1.807) is 30.8 Å². The molecule has 0 bridgehead atoms. The van der Waals surface area contributed by atoms with Gasteiger partial charge in [-0.25, -0.2) is 4.68 Å². The Kier molecular flexibility index (Phi) is 3.55. The van der Waals surface area contributed by atoms with Gasteiger partial charge in [0.2, 0.25) is 5.91 Å². The zero-order valence-corrected chi connectivity index (χ0v) is 12.8. The minimum absolute atomic E-state index is 0.192. The van der Waals surface area contributed by atoms with Gasteiger partial charge in [0.25, 0.3) is 5.56 Å². The van der Waals surface area contributed by atoms with E-state index in [1.165, 1.54) is 4.68 Å². The second kappa shape index (κ2) is 5.42. The van der Waals surface area contributed by atoms with Crippen molar-refractivity contribution in [1.29, 1.82) is 0 Å². The number of nitrogens with one attached hydrogen (secondary N) is 1. The average Bonchev–Trinajstić information content (AvgIpc) is 3.30. The maximum atomic E-state index is 12.6. The highest BCUT2D eigenvalue weighted by Crippen LogP contribution is 2.39. The summed E-state index contributed by atoms with van der Waals surface area (Å²) in [6, 6.07) is 9.10. The van der Waals surface area contributed by atoms with Gasteiger partial charge in [0.1, 0.15) is 5.69 Å². The van der Waals surface area contributed by atoms with Crippen molar-refractivity contribution in [2.75, 3.05) is 5.32 Å². The molecule has 1 fully saturated rings. The molecule has 1 amide bonds. The van der Waals surface area contributed by atoms with Crippen molar-refractivity contribution in [3.05, 3.63) is 46.4 Å². The minimum atomic E-state index is -0.975. The first-order chi connectivity index (χ1) is 10.9. The topological polar surface area (TPSA) is 93.3 Å². The zero-order chi connectivity index (χ0) is 16.7. The van der Waals surface area contributed by atoms with Gasteiger partial charge in [-0.1, -0.05) is 18.2 Å². The molecule has 0 spiro atoms. The normalized spacial score (nSPS) is 19.4. The number of aromatic nitrogens is 2. The second-order valence-electron chi connectivity index (χ2n) is 5.71. The molecule has 3 rings (SSSR count). The highest BCUT2D eigenvalue weighted by molar-refractivity contribution is 5.98. The van der Waals surface area contributed by atoms with Crippen LogP contribution in [0.3, 0.4) is 0 Å². The summed E-state index contributed by atoms with van der Waals surface area (Å²) in [5.41, 5.74) is 1.16. The molecule has 1 saturated carbocycles. The van der Waals surface area contributed by atoms with E-state index in [2.05, 4.69) is 5.32 Å². The molecule has 2 N–H and O–H groups in total. The van der Waals surface area contributed by atoms with E-state index in [4.69, 9.17) is 5.11 Å². The maximum absolute atomic E-state index is 12.6. The summed E-state index contributed by atoms with van der Waals surface area (Å²) in [7, 11) is 1.73. The van der Waals surface area contributed by atoms with Crippen LogP contribution in [0.2, 0.25) is 0 Å². The number of nitrogens with zero attached hydrogens (tertiary/aromatic N) is 2. The molecule has 1 aromatic carbocycles. The lowest BCUT2D eigenvalue weighted by Gasteiger charge is -2.07. The van der Waals surface area contributed by atoms with Crippen LogP contribution >= 0.6 is 0 Å². The number of aliphatic carboxylic acids is 1. The Hall–Kier alpha value is -2.83. The third kappa shape index (κ3) is 2.54. The number of hydrogen-bond donors (Lipinski definition) is 2. The van der Waals surface area contributed by atoms with Crippen LogP contribution in [0.5, 0.6) is 0 Å². The van der Waals surface area contributed by atoms with Crippen LogP contribution in [0.15, 0.2) is 35.1 Å². The Morgan fingerprint density at radius 1 is 1.22 bits per heavy atom. The number of amides is 1. The number of carboxylic acid groups (broad SMARTS) is 1. The van der Waals surface area contributed by atoms with Gasteiger partial charge in [0.05, 0.1) is 23.2 Å². The molecule has 23 heavy (non-hydrogen) atoms. The first-order valence-corrected chi connectivity index (χ1v) is 7.29. The van der Waals surface area contributed by atoms with Crippen LogP contribution in [0.1, 0.15) is 12.1 Å². The summed E-state index contributed by atoms with van der Waals surface area (Å²) in [5.74, 6) is -2.59. The first kappa shape index (κ1) is 15.1. The fourth-order valence-electron chi connectivity index (χ4n) is 2.69. The van der Waals surface area contributed by atoms with E-state index < -0.39 is 23.7 Å².